The summed E-state index contributed by atoms with van der Waals surface area (Å²) < 4.78 is 0. The average molecular weight is 268 g/mol. The lowest BCUT2D eigenvalue weighted by Crippen LogP contribution is -2.40. The molecular weight excluding hydrogens is 254 g/mol. The number of carbonyl (C=O) groups is 2. The molecule has 2 rings (SSSR count). The van der Waals surface area contributed by atoms with Crippen molar-refractivity contribution in [1.82, 2.24) is 5.32 Å². The lowest BCUT2D eigenvalue weighted by atomic mass is 10.0. The number of nitrogens with one attached hydrogen (secondary N) is 1. The molecule has 1 aromatic rings. The molecule has 0 saturated heterocycles. The van der Waals surface area contributed by atoms with Crippen LogP contribution in [0.1, 0.15) is 29.6 Å². The fourth-order valence-electron chi connectivity index (χ4n) is 2.32. The molecule has 1 aliphatic rings. The number of carboxylic acids is 1. The van der Waals surface area contributed by atoms with E-state index in [1.165, 1.54) is 0 Å². The molecule has 1 amide bonds. The number of carbonyl (C=O) groups excluding carboxylic acids is 1. The third kappa shape index (κ3) is 2.64. The first-order chi connectivity index (χ1) is 8.59. The second-order valence-electron chi connectivity index (χ2n) is 4.44. The van der Waals surface area contributed by atoms with Crippen LogP contribution < -0.4 is 5.32 Å². The molecule has 2 atom stereocenters. The average Bonchev–Trinajstić information content (AvgIpc) is 2.77. The zero-order chi connectivity index (χ0) is 13.1. The van der Waals surface area contributed by atoms with Crippen LogP contribution in [0, 0.1) is 5.92 Å². The number of carboxylic acid groups (broad SMARTS) is 1. The van der Waals surface area contributed by atoms with E-state index in [0.717, 1.165) is 6.42 Å². The molecule has 0 aromatic heterocycles. The first kappa shape index (κ1) is 12.9. The van der Waals surface area contributed by atoms with E-state index in [0.29, 0.717) is 23.4 Å². The Labute approximate surface area is 110 Å². The van der Waals surface area contributed by atoms with Crippen molar-refractivity contribution in [2.45, 2.75) is 25.3 Å². The Bertz CT molecular complexity index is 475. The number of amides is 1. The zero-order valence-corrected chi connectivity index (χ0v) is 10.5. The Morgan fingerprint density at radius 1 is 1.28 bits per heavy atom. The summed E-state index contributed by atoms with van der Waals surface area (Å²) in [4.78, 5) is 23.0. The maximum absolute atomic E-state index is 12.0. The van der Waals surface area contributed by atoms with Crippen LogP contribution >= 0.6 is 11.6 Å². The monoisotopic (exact) mass is 267 g/mol. The van der Waals surface area contributed by atoms with Crippen LogP contribution in [-0.2, 0) is 4.79 Å². The minimum Gasteiger partial charge on any atom is -0.481 e. The van der Waals surface area contributed by atoms with Crippen LogP contribution in [0.5, 0.6) is 0 Å². The van der Waals surface area contributed by atoms with Crippen LogP contribution in [0.3, 0.4) is 0 Å². The number of hydrogen-bond donors (Lipinski definition) is 2. The summed E-state index contributed by atoms with van der Waals surface area (Å²) in [5.74, 6) is -1.65. The smallest absolute Gasteiger partial charge is 0.308 e. The standard InChI is InChI=1S/C13H14ClNO3/c14-10-6-2-1-4-8(10)12(16)15-11-7-3-5-9(11)13(17)18/h1-2,4,6,9,11H,3,5,7H2,(H,15,16)(H,17,18)/t9-,11+/m1/s1. The first-order valence-corrected chi connectivity index (χ1v) is 6.25. The minimum absolute atomic E-state index is 0.300. The zero-order valence-electron chi connectivity index (χ0n) is 9.73. The van der Waals surface area contributed by atoms with E-state index < -0.39 is 11.9 Å². The predicted octanol–water partition coefficient (Wildman–Crippen LogP) is 2.32. The van der Waals surface area contributed by atoms with Crippen molar-refractivity contribution in [2.24, 2.45) is 5.92 Å². The quantitative estimate of drug-likeness (QED) is 0.883. The number of hydrogen-bond acceptors (Lipinski definition) is 2. The molecule has 0 heterocycles. The van der Waals surface area contributed by atoms with Gasteiger partial charge in [-0.05, 0) is 25.0 Å². The number of rotatable bonds is 3. The lowest BCUT2D eigenvalue weighted by molar-refractivity contribution is -0.142. The second-order valence-corrected chi connectivity index (χ2v) is 4.84. The van der Waals surface area contributed by atoms with Crippen LogP contribution in [0.2, 0.25) is 5.02 Å². The summed E-state index contributed by atoms with van der Waals surface area (Å²) in [6.07, 6.45) is 2.14. The van der Waals surface area contributed by atoms with Gasteiger partial charge in [-0.2, -0.15) is 0 Å². The van der Waals surface area contributed by atoms with Gasteiger partial charge in [-0.25, -0.2) is 0 Å². The van der Waals surface area contributed by atoms with E-state index in [9.17, 15) is 9.59 Å². The molecular formula is C13H14ClNO3. The Balaban J connectivity index is 2.08. The molecule has 1 saturated carbocycles. The second kappa shape index (κ2) is 5.40. The fourth-order valence-corrected chi connectivity index (χ4v) is 2.54. The molecule has 0 aliphatic heterocycles. The molecule has 0 unspecified atom stereocenters. The van der Waals surface area contributed by atoms with Crippen LogP contribution in [0.25, 0.3) is 0 Å². The summed E-state index contributed by atoms with van der Waals surface area (Å²) in [5, 5.41) is 12.2. The Kier molecular flexibility index (Phi) is 3.87. The van der Waals surface area contributed by atoms with Crippen molar-refractivity contribution >= 4 is 23.5 Å². The third-order valence-electron chi connectivity index (χ3n) is 3.27. The van der Waals surface area contributed by atoms with Crippen molar-refractivity contribution in [2.75, 3.05) is 0 Å². The first-order valence-electron chi connectivity index (χ1n) is 5.88. The van der Waals surface area contributed by atoms with Gasteiger partial charge in [0, 0.05) is 6.04 Å². The molecule has 18 heavy (non-hydrogen) atoms. The van der Waals surface area contributed by atoms with Gasteiger partial charge in [0.15, 0.2) is 0 Å². The van der Waals surface area contributed by atoms with Gasteiger partial charge in [0.2, 0.25) is 0 Å². The van der Waals surface area contributed by atoms with Gasteiger partial charge >= 0.3 is 5.97 Å². The summed E-state index contributed by atoms with van der Waals surface area (Å²) in [6, 6.07) is 6.44. The van der Waals surface area contributed by atoms with Crippen molar-refractivity contribution in [1.29, 1.82) is 0 Å². The number of halogens is 1. The van der Waals surface area contributed by atoms with E-state index in [1.54, 1.807) is 24.3 Å². The van der Waals surface area contributed by atoms with Crippen molar-refractivity contribution in [3.05, 3.63) is 34.9 Å². The fraction of sp³-hybridized carbons (Fsp3) is 0.385. The molecule has 1 aliphatic carbocycles. The normalized spacial score (nSPS) is 22.7. The number of aliphatic carboxylic acids is 1. The summed E-state index contributed by atoms with van der Waals surface area (Å²) in [6.45, 7) is 0. The van der Waals surface area contributed by atoms with E-state index in [2.05, 4.69) is 5.32 Å². The largest absolute Gasteiger partial charge is 0.481 e. The summed E-state index contributed by atoms with van der Waals surface area (Å²) in [5.41, 5.74) is 0.384. The van der Waals surface area contributed by atoms with E-state index >= 15 is 0 Å². The maximum atomic E-state index is 12.0. The minimum atomic E-state index is -0.850. The predicted molar refractivity (Wildman–Crippen MR) is 67.7 cm³/mol. The molecule has 2 N–H and O–H groups in total. The van der Waals surface area contributed by atoms with E-state index in [1.807, 2.05) is 0 Å². The van der Waals surface area contributed by atoms with Gasteiger partial charge < -0.3 is 10.4 Å². The SMILES string of the molecule is O=C(N[C@H]1CCC[C@H]1C(=O)O)c1ccccc1Cl. The highest BCUT2D eigenvalue weighted by molar-refractivity contribution is 6.33. The highest BCUT2D eigenvalue weighted by Crippen LogP contribution is 2.26. The molecule has 0 spiro atoms. The Morgan fingerprint density at radius 2 is 2.00 bits per heavy atom. The van der Waals surface area contributed by atoms with Crippen LogP contribution in [0.4, 0.5) is 0 Å². The van der Waals surface area contributed by atoms with Crippen molar-refractivity contribution < 1.29 is 14.7 Å². The van der Waals surface area contributed by atoms with Crippen LogP contribution in [0.15, 0.2) is 24.3 Å². The lowest BCUT2D eigenvalue weighted by Gasteiger charge is -2.17. The van der Waals surface area contributed by atoms with Gasteiger partial charge in [-0.1, -0.05) is 30.2 Å². The van der Waals surface area contributed by atoms with Crippen molar-refractivity contribution in [3.63, 3.8) is 0 Å². The molecule has 5 heteroatoms. The van der Waals surface area contributed by atoms with Gasteiger partial charge in [0.05, 0.1) is 16.5 Å². The summed E-state index contributed by atoms with van der Waals surface area (Å²) >= 11 is 5.93. The topological polar surface area (TPSA) is 66.4 Å². The van der Waals surface area contributed by atoms with Crippen molar-refractivity contribution in [3.8, 4) is 0 Å². The third-order valence-corrected chi connectivity index (χ3v) is 3.60. The summed E-state index contributed by atoms with van der Waals surface area (Å²) in [7, 11) is 0. The van der Waals surface area contributed by atoms with Gasteiger partial charge in [-0.15, -0.1) is 0 Å². The highest BCUT2D eigenvalue weighted by atomic mass is 35.5. The van der Waals surface area contributed by atoms with Crippen LogP contribution in [-0.4, -0.2) is 23.0 Å². The molecule has 0 bridgehead atoms. The van der Waals surface area contributed by atoms with E-state index in [-0.39, 0.29) is 11.9 Å². The van der Waals surface area contributed by atoms with Gasteiger partial charge in [0.1, 0.15) is 0 Å². The maximum Gasteiger partial charge on any atom is 0.308 e. The molecule has 4 nitrogen and oxygen atoms in total. The highest BCUT2D eigenvalue weighted by Gasteiger charge is 2.34. The molecule has 1 fully saturated rings. The van der Waals surface area contributed by atoms with Gasteiger partial charge in [-0.3, -0.25) is 9.59 Å². The molecule has 0 radical (unpaired) electrons. The molecule has 1 aromatic carbocycles. The Hall–Kier alpha value is -1.55. The van der Waals surface area contributed by atoms with E-state index in [4.69, 9.17) is 16.7 Å². The Morgan fingerprint density at radius 3 is 2.67 bits per heavy atom. The number of benzene rings is 1. The van der Waals surface area contributed by atoms with Gasteiger partial charge in [0.25, 0.3) is 5.91 Å². The molecule has 96 valence electrons.